The molecule has 0 bridgehead atoms. The number of fused-ring (bicyclic) bond motifs is 2. The lowest BCUT2D eigenvalue weighted by molar-refractivity contribution is -0.153. The van der Waals surface area contributed by atoms with E-state index in [1.807, 2.05) is 48.2 Å². The number of ether oxygens (including phenoxy) is 1. The van der Waals surface area contributed by atoms with E-state index < -0.39 is 23.8 Å². The molecule has 1 unspecified atom stereocenters. The summed E-state index contributed by atoms with van der Waals surface area (Å²) >= 11 is 5.13. The van der Waals surface area contributed by atoms with Crippen LogP contribution >= 0.6 is 27.3 Å². The zero-order chi connectivity index (χ0) is 32.8. The number of rotatable bonds is 7. The molecule has 1 aromatic heterocycles. The lowest BCUT2D eigenvalue weighted by Crippen LogP contribution is -2.50. The number of benzene rings is 2. The molecule has 0 spiro atoms. The van der Waals surface area contributed by atoms with Crippen LogP contribution in [0.25, 0.3) is 0 Å². The van der Waals surface area contributed by atoms with E-state index in [2.05, 4.69) is 20.9 Å². The number of thiazole rings is 1. The van der Waals surface area contributed by atoms with Crippen molar-refractivity contribution in [1.82, 2.24) is 19.7 Å². The number of likely N-dealkylation sites (tertiary alicyclic amines) is 1. The summed E-state index contributed by atoms with van der Waals surface area (Å²) in [6.07, 6.45) is 5.22. The number of hydrogen-bond donors (Lipinski definition) is 1. The second-order valence-electron chi connectivity index (χ2n) is 12.9. The Bertz CT molecular complexity index is 1740. The topological polar surface area (TPSA) is 120 Å². The average molecular weight is 722 g/mol. The molecule has 2 fully saturated rings. The van der Waals surface area contributed by atoms with Crippen LogP contribution in [0.3, 0.4) is 0 Å². The van der Waals surface area contributed by atoms with Crippen LogP contribution in [-0.4, -0.2) is 80.8 Å². The van der Waals surface area contributed by atoms with Crippen LogP contribution in [0.5, 0.6) is 5.75 Å². The number of amides is 3. The van der Waals surface area contributed by atoms with Gasteiger partial charge in [0.1, 0.15) is 16.7 Å². The molecule has 3 aliphatic heterocycles. The summed E-state index contributed by atoms with van der Waals surface area (Å²) in [4.78, 5) is 63.7. The summed E-state index contributed by atoms with van der Waals surface area (Å²) in [5.41, 5.74) is 3.47. The molecule has 7 rings (SSSR count). The number of aromatic nitrogens is 1. The molecule has 1 aliphatic carbocycles. The summed E-state index contributed by atoms with van der Waals surface area (Å²) in [5.74, 6) is -1.94. The number of aryl methyl sites for hydroxylation is 1. The molecule has 4 aliphatic rings. The molecule has 2 aromatic carbocycles. The number of carbonyl (C=O) groups excluding carboxylic acids is 3. The van der Waals surface area contributed by atoms with Gasteiger partial charge in [0, 0.05) is 48.2 Å². The number of nitrogens with zero attached hydrogens (tertiary/aromatic N) is 4. The van der Waals surface area contributed by atoms with E-state index in [0.717, 1.165) is 39.0 Å². The van der Waals surface area contributed by atoms with Crippen LogP contribution < -0.4 is 4.74 Å². The predicted molar refractivity (Wildman–Crippen MR) is 178 cm³/mol. The van der Waals surface area contributed by atoms with Crippen LogP contribution in [0.2, 0.25) is 0 Å². The Kier molecular flexibility index (Phi) is 8.82. The Labute approximate surface area is 285 Å². The number of aliphatic carboxylic acids is 1. The van der Waals surface area contributed by atoms with E-state index in [4.69, 9.17) is 4.74 Å². The van der Waals surface area contributed by atoms with E-state index in [9.17, 15) is 24.3 Å². The number of carboxylic acids is 1. The van der Waals surface area contributed by atoms with Crippen molar-refractivity contribution < 1.29 is 29.0 Å². The Balaban J connectivity index is 1.21. The molecule has 1 saturated heterocycles. The van der Waals surface area contributed by atoms with E-state index in [1.54, 1.807) is 16.0 Å². The molecule has 1 N–H and O–H groups in total. The molecule has 12 heteroatoms. The summed E-state index contributed by atoms with van der Waals surface area (Å²) in [7, 11) is 0. The maximum atomic E-state index is 14.4. The van der Waals surface area contributed by atoms with E-state index in [1.165, 1.54) is 11.3 Å². The van der Waals surface area contributed by atoms with Crippen LogP contribution in [-0.2, 0) is 22.6 Å². The monoisotopic (exact) mass is 720 g/mol. The van der Waals surface area contributed by atoms with Gasteiger partial charge in [-0.15, -0.1) is 11.3 Å². The van der Waals surface area contributed by atoms with Gasteiger partial charge in [0.25, 0.3) is 11.8 Å². The third kappa shape index (κ3) is 6.06. The van der Waals surface area contributed by atoms with E-state index in [-0.39, 0.29) is 30.4 Å². The fourth-order valence-corrected chi connectivity index (χ4v) is 9.04. The van der Waals surface area contributed by atoms with Gasteiger partial charge >= 0.3 is 5.97 Å². The average Bonchev–Trinajstić information content (AvgIpc) is 3.81. The first-order valence-corrected chi connectivity index (χ1v) is 17.9. The minimum absolute atomic E-state index is 0.0539. The second kappa shape index (κ2) is 13.0. The van der Waals surface area contributed by atoms with E-state index in [0.29, 0.717) is 68.1 Å². The van der Waals surface area contributed by atoms with Gasteiger partial charge in [-0.2, -0.15) is 0 Å². The normalized spacial score (nSPS) is 23.9. The van der Waals surface area contributed by atoms with Crippen molar-refractivity contribution in [1.29, 1.82) is 0 Å². The van der Waals surface area contributed by atoms with Crippen LogP contribution in [0.15, 0.2) is 47.1 Å². The number of hydrogen-bond acceptors (Lipinski definition) is 7. The first kappa shape index (κ1) is 31.8. The molecule has 10 nitrogen and oxygen atoms in total. The molecule has 4 atom stereocenters. The lowest BCUT2D eigenvalue weighted by Gasteiger charge is -2.43. The Hall–Kier alpha value is -3.77. The fourth-order valence-electron chi connectivity index (χ4n) is 7.75. The molecular formula is C35H37BrN4O6S. The van der Waals surface area contributed by atoms with Crippen molar-refractivity contribution in [3.05, 3.63) is 79.2 Å². The third-order valence-corrected chi connectivity index (χ3v) is 11.7. The van der Waals surface area contributed by atoms with Crippen molar-refractivity contribution >= 4 is 51.0 Å². The Morgan fingerprint density at radius 3 is 2.60 bits per heavy atom. The second-order valence-corrected chi connectivity index (χ2v) is 15.0. The zero-order valence-corrected chi connectivity index (χ0v) is 28.6. The molecular weight excluding hydrogens is 684 g/mol. The molecule has 0 radical (unpaired) electrons. The van der Waals surface area contributed by atoms with Crippen molar-refractivity contribution in [2.24, 2.45) is 11.8 Å². The fraction of sp³-hybridized carbons (Fsp3) is 0.457. The lowest BCUT2D eigenvalue weighted by atomic mass is 9.77. The summed E-state index contributed by atoms with van der Waals surface area (Å²) < 4.78 is 7.60. The van der Waals surface area contributed by atoms with Crippen LogP contribution in [0.1, 0.15) is 79.9 Å². The highest BCUT2D eigenvalue weighted by molar-refractivity contribution is 9.10. The Morgan fingerprint density at radius 2 is 1.85 bits per heavy atom. The first-order chi connectivity index (χ1) is 22.7. The zero-order valence-electron chi connectivity index (χ0n) is 26.2. The molecule has 47 heavy (non-hydrogen) atoms. The number of carbonyl (C=O) groups is 4. The smallest absolute Gasteiger partial charge is 0.307 e. The van der Waals surface area contributed by atoms with Crippen LogP contribution in [0.4, 0.5) is 0 Å². The van der Waals surface area contributed by atoms with Gasteiger partial charge in [-0.05, 0) is 55.5 Å². The summed E-state index contributed by atoms with van der Waals surface area (Å²) in [6.45, 7) is 3.97. The third-order valence-electron chi connectivity index (χ3n) is 10.1. The predicted octanol–water partition coefficient (Wildman–Crippen LogP) is 5.48. The van der Waals surface area contributed by atoms with E-state index >= 15 is 0 Å². The largest absolute Gasteiger partial charge is 0.488 e. The molecule has 3 aromatic rings. The SMILES string of the molecule is Cc1ncc(C(=O)N2CC[C@H](Oc3ccc(Br)c4c3C(CN3Cc5ccccc5C3=O)N(C(=O)[C@@H]3CCCC[C@@H]3C(=O)O)CC4)C2)s1. The van der Waals surface area contributed by atoms with Gasteiger partial charge < -0.3 is 24.5 Å². The van der Waals surface area contributed by atoms with Crippen molar-refractivity contribution in [3.8, 4) is 5.75 Å². The van der Waals surface area contributed by atoms with Gasteiger partial charge in [-0.3, -0.25) is 19.2 Å². The molecule has 246 valence electrons. The summed E-state index contributed by atoms with van der Waals surface area (Å²) in [5, 5.41) is 10.9. The van der Waals surface area contributed by atoms with Crippen molar-refractivity contribution in [3.63, 3.8) is 0 Å². The minimum Gasteiger partial charge on any atom is -0.488 e. The highest BCUT2D eigenvalue weighted by atomic mass is 79.9. The highest BCUT2D eigenvalue weighted by Crippen LogP contribution is 2.44. The van der Waals surface area contributed by atoms with Crippen LogP contribution in [0, 0.1) is 18.8 Å². The van der Waals surface area contributed by atoms with Gasteiger partial charge in [0.15, 0.2) is 0 Å². The van der Waals surface area contributed by atoms with Gasteiger partial charge in [-0.25, -0.2) is 4.98 Å². The standard InChI is InChI=1S/C35H37BrN4O6S/c1-20-37-16-30(47-20)34(43)38-14-12-22(18-38)46-29-11-10-27(36)26-13-15-40(33(42)24-8-4-5-9-25(24)35(44)45)28(31(26)29)19-39-17-21-6-2-3-7-23(21)32(39)41/h2-3,6-7,10-11,16,22,24-25,28H,4-5,8-9,12-15,17-19H2,1H3,(H,44,45)/t22-,24+,25-,28?/m0/s1. The summed E-state index contributed by atoms with van der Waals surface area (Å²) in [6, 6.07) is 10.9. The molecule has 4 heterocycles. The highest BCUT2D eigenvalue weighted by Gasteiger charge is 2.44. The number of carboxylic acid groups (broad SMARTS) is 1. The molecule has 3 amide bonds. The minimum atomic E-state index is -0.928. The first-order valence-electron chi connectivity index (χ1n) is 16.3. The van der Waals surface area contributed by atoms with Gasteiger partial charge in [0.2, 0.25) is 5.91 Å². The number of halogens is 1. The maximum absolute atomic E-state index is 14.4. The van der Waals surface area contributed by atoms with Crippen molar-refractivity contribution in [2.75, 3.05) is 26.2 Å². The maximum Gasteiger partial charge on any atom is 0.307 e. The van der Waals surface area contributed by atoms with Gasteiger partial charge in [-0.1, -0.05) is 47.0 Å². The quantitative estimate of drug-likeness (QED) is 0.343. The van der Waals surface area contributed by atoms with Gasteiger partial charge in [0.05, 0.1) is 35.6 Å². The van der Waals surface area contributed by atoms with Crippen molar-refractivity contribution in [2.45, 2.75) is 64.1 Å². The Morgan fingerprint density at radius 1 is 1.06 bits per heavy atom. The molecule has 1 saturated carbocycles.